The van der Waals surface area contributed by atoms with Gasteiger partial charge in [0.2, 0.25) is 0 Å². The van der Waals surface area contributed by atoms with Gasteiger partial charge in [-0.2, -0.15) is 0 Å². The van der Waals surface area contributed by atoms with Crippen molar-refractivity contribution in [3.63, 3.8) is 0 Å². The lowest BCUT2D eigenvalue weighted by molar-refractivity contribution is 0.0783. The molecule has 0 N–H and O–H groups in total. The summed E-state index contributed by atoms with van der Waals surface area (Å²) in [4.78, 5) is 13.4. The summed E-state index contributed by atoms with van der Waals surface area (Å²) in [6.45, 7) is 0.755. The molecule has 1 aromatic carbocycles. The molecule has 15 heavy (non-hydrogen) atoms. The Kier molecular flexibility index (Phi) is 3.05. The highest BCUT2D eigenvalue weighted by atomic mass is 79.9. The molecule has 2 nitrogen and oxygen atoms in total. The minimum atomic E-state index is -0.857. The highest BCUT2D eigenvalue weighted by molar-refractivity contribution is 9.10. The fraction of sp³-hybridized carbons (Fsp3) is 0.364. The van der Waals surface area contributed by atoms with E-state index in [9.17, 15) is 9.18 Å². The van der Waals surface area contributed by atoms with E-state index in [1.54, 1.807) is 17.0 Å². The Morgan fingerprint density at radius 1 is 1.40 bits per heavy atom. The number of amides is 1. The molecule has 0 unspecified atom stereocenters. The summed E-state index contributed by atoms with van der Waals surface area (Å²) in [5, 5.41) is 0. The summed E-state index contributed by atoms with van der Waals surface area (Å²) < 4.78 is 13.8. The van der Waals surface area contributed by atoms with Gasteiger partial charge in [0.05, 0.1) is 6.54 Å². The van der Waals surface area contributed by atoms with Gasteiger partial charge >= 0.3 is 0 Å². The molecule has 0 radical (unpaired) electrons. The molecule has 1 atom stereocenters. The van der Waals surface area contributed by atoms with Crippen LogP contribution in [0.1, 0.15) is 16.8 Å². The van der Waals surface area contributed by atoms with Crippen LogP contribution in [0.25, 0.3) is 0 Å². The van der Waals surface area contributed by atoms with E-state index in [1.165, 1.54) is 0 Å². The van der Waals surface area contributed by atoms with Crippen LogP contribution in [0.15, 0.2) is 28.7 Å². The fourth-order valence-corrected chi connectivity index (χ4v) is 1.94. The number of carbonyl (C=O) groups excluding carboxylic acids is 1. The van der Waals surface area contributed by atoms with Gasteiger partial charge in [-0.1, -0.05) is 15.9 Å². The second kappa shape index (κ2) is 4.31. The Balaban J connectivity index is 2.11. The average Bonchev–Trinajstić information content (AvgIpc) is 2.65. The molecule has 1 saturated heterocycles. The summed E-state index contributed by atoms with van der Waals surface area (Å²) in [5.41, 5.74) is 0.618. The van der Waals surface area contributed by atoms with Crippen LogP contribution in [-0.4, -0.2) is 30.1 Å². The van der Waals surface area contributed by atoms with Crippen LogP contribution in [0.3, 0.4) is 0 Å². The predicted molar refractivity (Wildman–Crippen MR) is 59.6 cm³/mol. The molecule has 80 valence electrons. The van der Waals surface area contributed by atoms with Crippen molar-refractivity contribution in [2.75, 3.05) is 13.1 Å². The molecular formula is C11H11BrFNO. The van der Waals surface area contributed by atoms with E-state index in [0.717, 1.165) is 4.47 Å². The zero-order valence-corrected chi connectivity index (χ0v) is 9.71. The molecule has 0 bridgehead atoms. The minimum Gasteiger partial charge on any atom is -0.336 e. The number of benzene rings is 1. The quantitative estimate of drug-likeness (QED) is 0.769. The number of likely N-dealkylation sites (tertiary alicyclic amines) is 1. The summed E-state index contributed by atoms with van der Waals surface area (Å²) in [7, 11) is 0. The number of hydrogen-bond acceptors (Lipinski definition) is 1. The lowest BCUT2D eigenvalue weighted by atomic mass is 10.2. The van der Waals surface area contributed by atoms with Crippen LogP contribution in [0.5, 0.6) is 0 Å². The first-order chi connectivity index (χ1) is 7.16. The highest BCUT2D eigenvalue weighted by Crippen LogP contribution is 2.17. The van der Waals surface area contributed by atoms with Crippen LogP contribution >= 0.6 is 15.9 Å². The van der Waals surface area contributed by atoms with Crippen molar-refractivity contribution in [2.45, 2.75) is 12.6 Å². The van der Waals surface area contributed by atoms with Gasteiger partial charge in [0.1, 0.15) is 6.17 Å². The summed E-state index contributed by atoms with van der Waals surface area (Å²) in [6, 6.07) is 7.13. The first-order valence-corrected chi connectivity index (χ1v) is 5.65. The molecule has 0 spiro atoms. The number of hydrogen-bond donors (Lipinski definition) is 0. The second-order valence-corrected chi connectivity index (χ2v) is 4.56. The zero-order chi connectivity index (χ0) is 10.8. The Bertz CT molecular complexity index is 365. The number of rotatable bonds is 1. The van der Waals surface area contributed by atoms with Gasteiger partial charge in [-0.3, -0.25) is 4.79 Å². The Morgan fingerprint density at radius 3 is 2.60 bits per heavy atom. The smallest absolute Gasteiger partial charge is 0.253 e. The Morgan fingerprint density at radius 2 is 2.07 bits per heavy atom. The fourth-order valence-electron chi connectivity index (χ4n) is 1.68. The Hall–Kier alpha value is -0.900. The molecule has 1 aliphatic rings. The molecule has 1 aliphatic heterocycles. The van der Waals surface area contributed by atoms with Crippen molar-refractivity contribution < 1.29 is 9.18 Å². The van der Waals surface area contributed by atoms with E-state index >= 15 is 0 Å². The third-order valence-corrected chi connectivity index (χ3v) is 3.04. The monoisotopic (exact) mass is 271 g/mol. The van der Waals surface area contributed by atoms with E-state index in [2.05, 4.69) is 15.9 Å². The first kappa shape index (κ1) is 10.6. The predicted octanol–water partition coefficient (Wildman–Crippen LogP) is 2.63. The summed E-state index contributed by atoms with van der Waals surface area (Å²) in [6.07, 6.45) is -0.396. The van der Waals surface area contributed by atoms with Gasteiger partial charge in [-0.15, -0.1) is 0 Å². The number of carbonyl (C=O) groups is 1. The molecular weight excluding hydrogens is 261 g/mol. The van der Waals surface area contributed by atoms with Gasteiger partial charge in [0, 0.05) is 16.6 Å². The maximum atomic E-state index is 12.9. The molecule has 1 fully saturated rings. The van der Waals surface area contributed by atoms with Gasteiger partial charge in [0.25, 0.3) is 5.91 Å². The average molecular weight is 272 g/mol. The van der Waals surface area contributed by atoms with Crippen LogP contribution in [-0.2, 0) is 0 Å². The number of halogens is 2. The Labute approximate surface area is 96.2 Å². The van der Waals surface area contributed by atoms with Crippen molar-refractivity contribution in [3.8, 4) is 0 Å². The lowest BCUT2D eigenvalue weighted by Crippen LogP contribution is -2.28. The SMILES string of the molecule is O=C(c1ccc(Br)cc1)N1CC[C@@H](F)C1. The van der Waals surface area contributed by atoms with Crippen molar-refractivity contribution in [1.29, 1.82) is 0 Å². The highest BCUT2D eigenvalue weighted by Gasteiger charge is 2.26. The number of alkyl halides is 1. The zero-order valence-electron chi connectivity index (χ0n) is 8.12. The summed E-state index contributed by atoms with van der Waals surface area (Å²) >= 11 is 3.30. The van der Waals surface area contributed by atoms with Crippen LogP contribution in [0.2, 0.25) is 0 Å². The van der Waals surface area contributed by atoms with Crippen molar-refractivity contribution in [3.05, 3.63) is 34.3 Å². The third-order valence-electron chi connectivity index (χ3n) is 2.51. The molecule has 1 amide bonds. The van der Waals surface area contributed by atoms with E-state index < -0.39 is 6.17 Å². The molecule has 1 aromatic rings. The van der Waals surface area contributed by atoms with Crippen LogP contribution in [0.4, 0.5) is 4.39 Å². The van der Waals surface area contributed by atoms with Crippen LogP contribution < -0.4 is 0 Å². The van der Waals surface area contributed by atoms with Gasteiger partial charge < -0.3 is 4.90 Å². The van der Waals surface area contributed by atoms with Gasteiger partial charge in [-0.05, 0) is 30.7 Å². The summed E-state index contributed by atoms with van der Waals surface area (Å²) in [5.74, 6) is -0.0809. The van der Waals surface area contributed by atoms with Crippen LogP contribution in [0, 0.1) is 0 Å². The van der Waals surface area contributed by atoms with Crippen molar-refractivity contribution in [2.24, 2.45) is 0 Å². The van der Waals surface area contributed by atoms with E-state index in [1.807, 2.05) is 12.1 Å². The van der Waals surface area contributed by atoms with Gasteiger partial charge in [0.15, 0.2) is 0 Å². The molecule has 2 rings (SSSR count). The topological polar surface area (TPSA) is 20.3 Å². The standard InChI is InChI=1S/C11H11BrFNO/c12-9-3-1-8(2-4-9)11(15)14-6-5-10(13)7-14/h1-4,10H,5-7H2/t10-/m1/s1. The minimum absolute atomic E-state index is 0.0809. The van der Waals surface area contributed by atoms with E-state index in [4.69, 9.17) is 0 Å². The van der Waals surface area contributed by atoms with Crippen molar-refractivity contribution >= 4 is 21.8 Å². The first-order valence-electron chi connectivity index (χ1n) is 4.86. The largest absolute Gasteiger partial charge is 0.336 e. The van der Waals surface area contributed by atoms with Gasteiger partial charge in [-0.25, -0.2) is 4.39 Å². The molecule has 4 heteroatoms. The lowest BCUT2D eigenvalue weighted by Gasteiger charge is -2.14. The molecule has 0 aliphatic carbocycles. The maximum absolute atomic E-state index is 12.9. The normalized spacial score (nSPS) is 20.7. The third kappa shape index (κ3) is 2.37. The number of nitrogens with zero attached hydrogens (tertiary/aromatic N) is 1. The molecule has 0 aromatic heterocycles. The van der Waals surface area contributed by atoms with Crippen molar-refractivity contribution in [1.82, 2.24) is 4.90 Å². The molecule has 1 heterocycles. The van der Waals surface area contributed by atoms with E-state index in [-0.39, 0.29) is 12.5 Å². The van der Waals surface area contributed by atoms with E-state index in [0.29, 0.717) is 18.5 Å². The molecule has 0 saturated carbocycles. The maximum Gasteiger partial charge on any atom is 0.253 e. The second-order valence-electron chi connectivity index (χ2n) is 3.64.